The summed E-state index contributed by atoms with van der Waals surface area (Å²) in [7, 11) is 0. The quantitative estimate of drug-likeness (QED) is 0.695. The van der Waals surface area contributed by atoms with Gasteiger partial charge in [-0.25, -0.2) is 4.98 Å². The average Bonchev–Trinajstić information content (AvgIpc) is 2.52. The highest BCUT2D eigenvalue weighted by Gasteiger charge is 2.06. The number of nitrogens with one attached hydrogen (secondary N) is 2. The molecule has 0 atom stereocenters. The molecule has 0 spiro atoms. The Morgan fingerprint density at radius 1 is 1.14 bits per heavy atom. The van der Waals surface area contributed by atoms with E-state index in [9.17, 15) is 4.79 Å². The van der Waals surface area contributed by atoms with Crippen molar-refractivity contribution in [1.29, 1.82) is 0 Å². The molecule has 0 fully saturated rings. The van der Waals surface area contributed by atoms with E-state index in [-0.39, 0.29) is 5.91 Å². The third-order valence-corrected chi connectivity index (χ3v) is 3.28. The molecule has 0 radical (unpaired) electrons. The smallest absolute Gasteiger partial charge is 0.252 e. The Bertz CT molecular complexity index is 405. The molecule has 1 heterocycles. The van der Waals surface area contributed by atoms with E-state index < -0.39 is 0 Å². The van der Waals surface area contributed by atoms with Crippen LogP contribution >= 0.6 is 0 Å². The number of rotatable bonds is 10. The van der Waals surface area contributed by atoms with Gasteiger partial charge < -0.3 is 15.5 Å². The van der Waals surface area contributed by atoms with Crippen LogP contribution in [0.1, 0.15) is 44.0 Å². The van der Waals surface area contributed by atoms with Gasteiger partial charge in [-0.3, -0.25) is 4.79 Å². The Hall–Kier alpha value is -1.62. The Morgan fingerprint density at radius 2 is 1.95 bits per heavy atom. The number of nitrogens with zero attached hydrogens (tertiary/aromatic N) is 2. The summed E-state index contributed by atoms with van der Waals surface area (Å²) in [5, 5.41) is 6.13. The van der Waals surface area contributed by atoms with Crippen LogP contribution in [0, 0.1) is 0 Å². The summed E-state index contributed by atoms with van der Waals surface area (Å²) >= 11 is 0. The Kier molecular flexibility index (Phi) is 8.43. The first-order valence-electron chi connectivity index (χ1n) is 7.91. The van der Waals surface area contributed by atoms with Gasteiger partial charge in [-0.15, -0.1) is 0 Å². The van der Waals surface area contributed by atoms with Gasteiger partial charge in [0.15, 0.2) is 0 Å². The summed E-state index contributed by atoms with van der Waals surface area (Å²) in [6.45, 7) is 11.0. The second kappa shape index (κ2) is 10.2. The summed E-state index contributed by atoms with van der Waals surface area (Å²) in [5.41, 5.74) is 0.607. The number of carbonyl (C=O) groups is 1. The van der Waals surface area contributed by atoms with Gasteiger partial charge in [0.2, 0.25) is 0 Å². The van der Waals surface area contributed by atoms with Crippen LogP contribution in [0.5, 0.6) is 0 Å². The van der Waals surface area contributed by atoms with E-state index in [1.807, 2.05) is 12.1 Å². The van der Waals surface area contributed by atoms with Crippen molar-refractivity contribution in [2.75, 3.05) is 38.0 Å². The van der Waals surface area contributed by atoms with E-state index in [1.165, 1.54) is 0 Å². The van der Waals surface area contributed by atoms with E-state index in [0.717, 1.165) is 44.8 Å². The molecular weight excluding hydrogens is 264 g/mol. The SMILES string of the molecule is CCCNc1ccc(C(=O)NCCN(CC)CCC)cn1. The minimum atomic E-state index is -0.0582. The number of hydrogen-bond donors (Lipinski definition) is 2. The fraction of sp³-hybridized carbons (Fsp3) is 0.625. The van der Waals surface area contributed by atoms with Crippen molar-refractivity contribution in [2.45, 2.75) is 33.6 Å². The Labute approximate surface area is 128 Å². The van der Waals surface area contributed by atoms with Crippen LogP contribution in [-0.2, 0) is 0 Å². The van der Waals surface area contributed by atoms with Crippen molar-refractivity contribution in [3.63, 3.8) is 0 Å². The minimum absolute atomic E-state index is 0.0582. The summed E-state index contributed by atoms with van der Waals surface area (Å²) < 4.78 is 0. The molecule has 118 valence electrons. The van der Waals surface area contributed by atoms with Crippen molar-refractivity contribution >= 4 is 11.7 Å². The first-order valence-corrected chi connectivity index (χ1v) is 7.91. The average molecular weight is 292 g/mol. The standard InChI is InChI=1S/C16H28N4O/c1-4-9-17-15-8-7-14(13-19-15)16(21)18-10-12-20(6-3)11-5-2/h7-8,13H,4-6,9-12H2,1-3H3,(H,17,19)(H,18,21). The zero-order valence-electron chi connectivity index (χ0n) is 13.5. The van der Waals surface area contributed by atoms with Crippen molar-refractivity contribution < 1.29 is 4.79 Å². The van der Waals surface area contributed by atoms with Crippen molar-refractivity contribution in [1.82, 2.24) is 15.2 Å². The van der Waals surface area contributed by atoms with Crippen molar-refractivity contribution in [3.05, 3.63) is 23.9 Å². The lowest BCUT2D eigenvalue weighted by Crippen LogP contribution is -2.35. The zero-order valence-corrected chi connectivity index (χ0v) is 13.5. The maximum atomic E-state index is 12.0. The molecule has 0 saturated heterocycles. The fourth-order valence-electron chi connectivity index (χ4n) is 2.06. The van der Waals surface area contributed by atoms with Crippen molar-refractivity contribution in [3.8, 4) is 0 Å². The lowest BCUT2D eigenvalue weighted by molar-refractivity contribution is 0.0948. The van der Waals surface area contributed by atoms with E-state index in [1.54, 1.807) is 6.20 Å². The first kappa shape index (κ1) is 17.4. The number of anilines is 1. The van der Waals surface area contributed by atoms with Gasteiger partial charge in [-0.2, -0.15) is 0 Å². The number of aromatic nitrogens is 1. The predicted octanol–water partition coefficient (Wildman–Crippen LogP) is 2.37. The van der Waals surface area contributed by atoms with Gasteiger partial charge >= 0.3 is 0 Å². The Morgan fingerprint density at radius 3 is 2.52 bits per heavy atom. The van der Waals surface area contributed by atoms with Crippen LogP contribution in [0.4, 0.5) is 5.82 Å². The Balaban J connectivity index is 2.37. The van der Waals surface area contributed by atoms with Gasteiger partial charge in [0, 0.05) is 25.8 Å². The molecule has 0 bridgehead atoms. The molecule has 1 rings (SSSR count). The van der Waals surface area contributed by atoms with Gasteiger partial charge in [-0.05, 0) is 38.1 Å². The predicted molar refractivity (Wildman–Crippen MR) is 87.8 cm³/mol. The molecular formula is C16H28N4O. The monoisotopic (exact) mass is 292 g/mol. The highest BCUT2D eigenvalue weighted by atomic mass is 16.1. The number of hydrogen-bond acceptors (Lipinski definition) is 4. The molecule has 1 amide bonds. The maximum absolute atomic E-state index is 12.0. The topological polar surface area (TPSA) is 57.3 Å². The largest absolute Gasteiger partial charge is 0.370 e. The summed E-state index contributed by atoms with van der Waals surface area (Å²) in [6, 6.07) is 3.66. The van der Waals surface area contributed by atoms with E-state index in [2.05, 4.69) is 41.3 Å². The lowest BCUT2D eigenvalue weighted by atomic mass is 10.2. The van der Waals surface area contributed by atoms with E-state index in [4.69, 9.17) is 0 Å². The van der Waals surface area contributed by atoms with Crippen LogP contribution in [0.2, 0.25) is 0 Å². The maximum Gasteiger partial charge on any atom is 0.252 e. The molecule has 0 aliphatic carbocycles. The second-order valence-corrected chi connectivity index (χ2v) is 5.05. The summed E-state index contributed by atoms with van der Waals surface area (Å²) in [6.07, 6.45) is 3.81. The first-order chi connectivity index (χ1) is 10.2. The van der Waals surface area contributed by atoms with E-state index in [0.29, 0.717) is 12.1 Å². The molecule has 21 heavy (non-hydrogen) atoms. The van der Waals surface area contributed by atoms with Crippen LogP contribution in [-0.4, -0.2) is 48.5 Å². The normalized spacial score (nSPS) is 10.7. The fourth-order valence-corrected chi connectivity index (χ4v) is 2.06. The molecule has 0 aliphatic rings. The third kappa shape index (κ3) is 6.58. The number of pyridine rings is 1. The highest BCUT2D eigenvalue weighted by molar-refractivity contribution is 5.94. The number of amides is 1. The molecule has 2 N–H and O–H groups in total. The summed E-state index contributed by atoms with van der Waals surface area (Å²) in [4.78, 5) is 18.6. The summed E-state index contributed by atoms with van der Waals surface area (Å²) in [5.74, 6) is 0.755. The third-order valence-electron chi connectivity index (χ3n) is 3.28. The van der Waals surface area contributed by atoms with Gasteiger partial charge in [0.25, 0.3) is 5.91 Å². The minimum Gasteiger partial charge on any atom is -0.370 e. The van der Waals surface area contributed by atoms with Crippen LogP contribution < -0.4 is 10.6 Å². The van der Waals surface area contributed by atoms with E-state index >= 15 is 0 Å². The van der Waals surface area contributed by atoms with Gasteiger partial charge in [0.05, 0.1) is 5.56 Å². The highest BCUT2D eigenvalue weighted by Crippen LogP contribution is 2.05. The molecule has 0 aliphatic heterocycles. The second-order valence-electron chi connectivity index (χ2n) is 5.05. The van der Waals surface area contributed by atoms with Crippen LogP contribution in [0.25, 0.3) is 0 Å². The molecule has 0 aromatic carbocycles. The van der Waals surface area contributed by atoms with Crippen LogP contribution in [0.15, 0.2) is 18.3 Å². The molecule has 5 heteroatoms. The molecule has 1 aromatic rings. The lowest BCUT2D eigenvalue weighted by Gasteiger charge is -2.19. The van der Waals surface area contributed by atoms with Crippen LogP contribution in [0.3, 0.4) is 0 Å². The molecule has 0 unspecified atom stereocenters. The molecule has 1 aromatic heterocycles. The molecule has 5 nitrogen and oxygen atoms in total. The number of carbonyl (C=O) groups excluding carboxylic acids is 1. The zero-order chi connectivity index (χ0) is 15.5. The molecule has 0 saturated carbocycles. The number of likely N-dealkylation sites (N-methyl/N-ethyl adjacent to an activating group) is 1. The van der Waals surface area contributed by atoms with Crippen molar-refractivity contribution in [2.24, 2.45) is 0 Å². The van der Waals surface area contributed by atoms with Gasteiger partial charge in [-0.1, -0.05) is 20.8 Å². The van der Waals surface area contributed by atoms with Gasteiger partial charge in [0.1, 0.15) is 5.82 Å².